The fourth-order valence-electron chi connectivity index (χ4n) is 3.64. The maximum atomic E-state index is 13.9. The van der Waals surface area contributed by atoms with Crippen LogP contribution in [0.3, 0.4) is 0 Å². The van der Waals surface area contributed by atoms with Crippen molar-refractivity contribution in [3.05, 3.63) is 59.5 Å². The average molecular weight is 356 g/mol. The Kier molecular flexibility index (Phi) is 4.51. The van der Waals surface area contributed by atoms with E-state index in [1.807, 2.05) is 12.1 Å². The van der Waals surface area contributed by atoms with Crippen LogP contribution in [0.4, 0.5) is 4.39 Å². The van der Waals surface area contributed by atoms with Gasteiger partial charge in [-0.1, -0.05) is 12.1 Å². The van der Waals surface area contributed by atoms with Crippen LogP contribution in [0.1, 0.15) is 40.8 Å². The lowest BCUT2D eigenvalue weighted by atomic mass is 10.1. The second-order valence-electron chi connectivity index (χ2n) is 6.66. The highest BCUT2D eigenvalue weighted by molar-refractivity contribution is 5.99. The van der Waals surface area contributed by atoms with Crippen LogP contribution in [-0.4, -0.2) is 30.4 Å². The summed E-state index contributed by atoms with van der Waals surface area (Å²) in [6.07, 6.45) is 3.94. The Morgan fingerprint density at radius 2 is 2.08 bits per heavy atom. The van der Waals surface area contributed by atoms with Crippen molar-refractivity contribution in [2.45, 2.75) is 25.8 Å². The first kappa shape index (κ1) is 16.8. The Labute approximate surface area is 150 Å². The van der Waals surface area contributed by atoms with Crippen LogP contribution in [0, 0.1) is 12.7 Å². The molecule has 1 fully saturated rings. The number of nitrogens with one attached hydrogen (secondary N) is 1. The van der Waals surface area contributed by atoms with E-state index in [2.05, 4.69) is 10.2 Å². The molecule has 1 aliphatic heterocycles. The number of carbonyl (C=O) groups is 1. The zero-order valence-corrected chi connectivity index (χ0v) is 14.6. The van der Waals surface area contributed by atoms with Crippen molar-refractivity contribution in [3.63, 3.8) is 0 Å². The van der Waals surface area contributed by atoms with E-state index in [4.69, 9.17) is 8.83 Å². The van der Waals surface area contributed by atoms with Crippen LogP contribution >= 0.6 is 0 Å². The first-order valence-electron chi connectivity index (χ1n) is 8.88. The van der Waals surface area contributed by atoms with Crippen molar-refractivity contribution >= 4 is 16.9 Å². The van der Waals surface area contributed by atoms with Crippen LogP contribution in [0.25, 0.3) is 11.0 Å². The van der Waals surface area contributed by atoms with Gasteiger partial charge >= 0.3 is 0 Å². The molecule has 0 radical (unpaired) electrons. The number of halogens is 1. The van der Waals surface area contributed by atoms with Gasteiger partial charge in [0.15, 0.2) is 17.2 Å². The van der Waals surface area contributed by atoms with E-state index in [-0.39, 0.29) is 23.3 Å². The molecule has 4 rings (SSSR count). The summed E-state index contributed by atoms with van der Waals surface area (Å²) in [7, 11) is 0. The molecule has 6 heteroatoms. The third-order valence-electron chi connectivity index (χ3n) is 5.03. The van der Waals surface area contributed by atoms with Crippen LogP contribution < -0.4 is 5.32 Å². The van der Waals surface area contributed by atoms with E-state index < -0.39 is 5.82 Å². The van der Waals surface area contributed by atoms with E-state index in [0.717, 1.165) is 31.7 Å². The summed E-state index contributed by atoms with van der Waals surface area (Å²) >= 11 is 0. The molecule has 0 saturated carbocycles. The molecule has 1 aromatic carbocycles. The molecule has 1 atom stereocenters. The quantitative estimate of drug-likeness (QED) is 0.750. The number of furan rings is 2. The minimum absolute atomic E-state index is 0.0159. The summed E-state index contributed by atoms with van der Waals surface area (Å²) in [6.45, 7) is 4.14. The molecule has 0 spiro atoms. The van der Waals surface area contributed by atoms with Crippen molar-refractivity contribution < 1.29 is 18.0 Å². The van der Waals surface area contributed by atoms with Gasteiger partial charge < -0.3 is 14.2 Å². The Morgan fingerprint density at radius 3 is 2.77 bits per heavy atom. The SMILES string of the molecule is Cc1c(C(=O)NC[C@@H](c2ccco2)N2CCCC2)oc2c(F)cccc12. The molecule has 0 unspecified atom stereocenters. The number of likely N-dealkylation sites (tertiary alicyclic amines) is 1. The highest BCUT2D eigenvalue weighted by atomic mass is 19.1. The van der Waals surface area contributed by atoms with Gasteiger partial charge in [-0.2, -0.15) is 0 Å². The molecule has 1 aliphatic rings. The maximum absolute atomic E-state index is 13.9. The van der Waals surface area contributed by atoms with Crippen molar-refractivity contribution in [2.75, 3.05) is 19.6 Å². The van der Waals surface area contributed by atoms with Crippen LogP contribution in [0.5, 0.6) is 0 Å². The summed E-state index contributed by atoms with van der Waals surface area (Å²) in [6, 6.07) is 8.46. The third kappa shape index (κ3) is 3.01. The number of fused-ring (bicyclic) bond motifs is 1. The lowest BCUT2D eigenvalue weighted by molar-refractivity contribution is 0.0907. The number of hydrogen-bond acceptors (Lipinski definition) is 4. The largest absolute Gasteiger partial charge is 0.468 e. The number of hydrogen-bond donors (Lipinski definition) is 1. The molecular formula is C20H21FN2O3. The Balaban J connectivity index is 1.54. The van der Waals surface area contributed by atoms with Gasteiger partial charge in [-0.25, -0.2) is 4.39 Å². The highest BCUT2D eigenvalue weighted by Crippen LogP contribution is 2.28. The molecule has 1 saturated heterocycles. The van der Waals surface area contributed by atoms with Gasteiger partial charge in [0.2, 0.25) is 0 Å². The highest BCUT2D eigenvalue weighted by Gasteiger charge is 2.27. The number of carbonyl (C=O) groups excluding carboxylic acids is 1. The van der Waals surface area contributed by atoms with E-state index in [1.54, 1.807) is 25.3 Å². The molecule has 3 heterocycles. The predicted octanol–water partition coefficient (Wildman–Crippen LogP) is 4.04. The molecule has 1 N–H and O–H groups in total. The minimum atomic E-state index is -0.463. The number of rotatable bonds is 5. The van der Waals surface area contributed by atoms with Gasteiger partial charge in [0.25, 0.3) is 5.91 Å². The van der Waals surface area contributed by atoms with Gasteiger partial charge in [0, 0.05) is 17.5 Å². The first-order valence-corrected chi connectivity index (χ1v) is 8.88. The molecule has 3 aromatic rings. The van der Waals surface area contributed by atoms with Gasteiger partial charge in [-0.3, -0.25) is 9.69 Å². The number of amides is 1. The molecule has 136 valence electrons. The average Bonchev–Trinajstić information content (AvgIpc) is 3.38. The summed E-state index contributed by atoms with van der Waals surface area (Å²) in [5.41, 5.74) is 0.769. The second kappa shape index (κ2) is 6.96. The first-order chi connectivity index (χ1) is 12.6. The van der Waals surface area contributed by atoms with Gasteiger partial charge in [0.1, 0.15) is 5.76 Å². The fraction of sp³-hybridized carbons (Fsp3) is 0.350. The topological polar surface area (TPSA) is 58.6 Å². The van der Waals surface area contributed by atoms with Crippen LogP contribution in [0.2, 0.25) is 0 Å². The smallest absolute Gasteiger partial charge is 0.287 e. The van der Waals surface area contributed by atoms with Gasteiger partial charge in [0.05, 0.1) is 12.3 Å². The van der Waals surface area contributed by atoms with Crippen molar-refractivity contribution in [1.82, 2.24) is 10.2 Å². The second-order valence-corrected chi connectivity index (χ2v) is 6.66. The molecule has 1 amide bonds. The van der Waals surface area contributed by atoms with Crippen LogP contribution in [-0.2, 0) is 0 Å². The van der Waals surface area contributed by atoms with Crippen LogP contribution in [0.15, 0.2) is 45.4 Å². The zero-order valence-electron chi connectivity index (χ0n) is 14.6. The Bertz CT molecular complexity index is 911. The lowest BCUT2D eigenvalue weighted by Gasteiger charge is -2.25. The molecular weight excluding hydrogens is 335 g/mol. The fourth-order valence-corrected chi connectivity index (χ4v) is 3.64. The van der Waals surface area contributed by atoms with E-state index in [0.29, 0.717) is 17.5 Å². The lowest BCUT2D eigenvalue weighted by Crippen LogP contribution is -2.36. The van der Waals surface area contributed by atoms with Crippen molar-refractivity contribution in [2.24, 2.45) is 0 Å². The molecule has 5 nitrogen and oxygen atoms in total. The summed E-state index contributed by atoms with van der Waals surface area (Å²) < 4.78 is 25.0. The summed E-state index contributed by atoms with van der Waals surface area (Å²) in [4.78, 5) is 15.0. The zero-order chi connectivity index (χ0) is 18.1. The molecule has 26 heavy (non-hydrogen) atoms. The number of para-hydroxylation sites is 1. The Hall–Kier alpha value is -2.60. The third-order valence-corrected chi connectivity index (χ3v) is 5.03. The summed E-state index contributed by atoms with van der Waals surface area (Å²) in [5, 5.41) is 3.55. The van der Waals surface area contributed by atoms with Gasteiger partial charge in [-0.15, -0.1) is 0 Å². The summed E-state index contributed by atoms with van der Waals surface area (Å²) in [5.74, 6) is 0.188. The monoisotopic (exact) mass is 356 g/mol. The van der Waals surface area contributed by atoms with Crippen molar-refractivity contribution in [1.29, 1.82) is 0 Å². The number of benzene rings is 1. The normalized spacial score (nSPS) is 16.2. The number of nitrogens with zero attached hydrogens (tertiary/aromatic N) is 1. The predicted molar refractivity (Wildman–Crippen MR) is 95.5 cm³/mol. The maximum Gasteiger partial charge on any atom is 0.287 e. The van der Waals surface area contributed by atoms with E-state index >= 15 is 0 Å². The molecule has 0 bridgehead atoms. The van der Waals surface area contributed by atoms with Gasteiger partial charge in [-0.05, 0) is 51.1 Å². The van der Waals surface area contributed by atoms with E-state index in [9.17, 15) is 9.18 Å². The van der Waals surface area contributed by atoms with Crippen molar-refractivity contribution in [3.8, 4) is 0 Å². The molecule has 0 aliphatic carbocycles. The van der Waals surface area contributed by atoms with E-state index in [1.165, 1.54) is 6.07 Å². The standard InChI is InChI=1S/C20H21FN2O3/c1-13-14-6-4-7-15(21)19(14)26-18(13)20(24)22-12-16(17-8-5-11-25-17)23-9-2-3-10-23/h4-8,11,16H,2-3,9-10,12H2,1H3,(H,22,24)/t16-/m0/s1. The Morgan fingerprint density at radius 1 is 1.27 bits per heavy atom. The number of aryl methyl sites for hydroxylation is 1. The minimum Gasteiger partial charge on any atom is -0.468 e. The molecule has 2 aromatic heterocycles.